The Kier molecular flexibility index (Phi) is 2.47. The van der Waals surface area contributed by atoms with Crippen molar-refractivity contribution in [1.82, 2.24) is 0 Å². The summed E-state index contributed by atoms with van der Waals surface area (Å²) in [5.41, 5.74) is 4.75. The van der Waals surface area contributed by atoms with E-state index in [0.717, 1.165) is 11.2 Å². The van der Waals surface area contributed by atoms with Crippen LogP contribution in [-0.4, -0.2) is 5.25 Å². The van der Waals surface area contributed by atoms with Crippen molar-refractivity contribution < 1.29 is 0 Å². The van der Waals surface area contributed by atoms with Gasteiger partial charge in [-0.15, -0.1) is 11.8 Å². The Morgan fingerprint density at radius 2 is 1.67 bits per heavy atom. The van der Waals surface area contributed by atoms with Crippen LogP contribution in [0.25, 0.3) is 0 Å². The molecule has 1 aliphatic heterocycles. The van der Waals surface area contributed by atoms with Gasteiger partial charge in [0.2, 0.25) is 0 Å². The molecule has 0 bridgehead atoms. The summed E-state index contributed by atoms with van der Waals surface area (Å²) in [6.45, 7) is 0. The van der Waals surface area contributed by atoms with Crippen molar-refractivity contribution in [2.45, 2.75) is 35.3 Å². The molecule has 0 saturated heterocycles. The van der Waals surface area contributed by atoms with Crippen molar-refractivity contribution in [2.75, 3.05) is 0 Å². The Morgan fingerprint density at radius 3 is 2.56 bits per heavy atom. The monoisotopic (exact) mass is 252 g/mol. The SMILES string of the molecule is c1ccc2c(c1)CC(C1CCc3ccccc31)S2. The Labute approximate surface area is 112 Å². The Balaban J connectivity index is 1.65. The van der Waals surface area contributed by atoms with Gasteiger partial charge >= 0.3 is 0 Å². The minimum atomic E-state index is 0.756. The molecule has 90 valence electrons. The molecule has 2 aliphatic rings. The molecule has 0 N–H and O–H groups in total. The predicted molar refractivity (Wildman–Crippen MR) is 77.3 cm³/mol. The summed E-state index contributed by atoms with van der Waals surface area (Å²) in [6.07, 6.45) is 3.86. The highest BCUT2D eigenvalue weighted by Crippen LogP contribution is 2.48. The average Bonchev–Trinajstić information content (AvgIpc) is 3.02. The summed E-state index contributed by atoms with van der Waals surface area (Å²) in [5, 5.41) is 0.756. The molecule has 2 aromatic rings. The highest BCUT2D eigenvalue weighted by molar-refractivity contribution is 8.00. The van der Waals surface area contributed by atoms with E-state index in [4.69, 9.17) is 0 Å². The number of benzene rings is 2. The molecule has 4 rings (SSSR count). The van der Waals surface area contributed by atoms with Crippen LogP contribution in [0.4, 0.5) is 0 Å². The van der Waals surface area contributed by atoms with Gasteiger partial charge in [-0.3, -0.25) is 0 Å². The smallest absolute Gasteiger partial charge is 0.0204 e. The molecule has 0 spiro atoms. The molecule has 0 nitrogen and oxygen atoms in total. The lowest BCUT2D eigenvalue weighted by atomic mass is 9.94. The van der Waals surface area contributed by atoms with Gasteiger partial charge in [0.25, 0.3) is 0 Å². The molecule has 1 heteroatoms. The standard InChI is InChI=1S/C17H16S/c1-3-7-14-12(5-1)9-10-15(14)17-11-13-6-2-4-8-16(13)18-17/h1-8,15,17H,9-11H2. The molecule has 0 amide bonds. The van der Waals surface area contributed by atoms with Gasteiger partial charge in [0, 0.05) is 10.1 Å². The zero-order valence-corrected chi connectivity index (χ0v) is 11.1. The fourth-order valence-corrected chi connectivity index (χ4v) is 4.91. The molecule has 1 heterocycles. The first-order valence-electron chi connectivity index (χ1n) is 6.74. The average molecular weight is 252 g/mol. The normalized spacial score (nSPS) is 24.9. The summed E-state index contributed by atoms with van der Waals surface area (Å²) in [6, 6.07) is 17.9. The zero-order valence-electron chi connectivity index (χ0n) is 10.3. The first-order valence-corrected chi connectivity index (χ1v) is 7.62. The van der Waals surface area contributed by atoms with E-state index in [1.54, 1.807) is 16.7 Å². The lowest BCUT2D eigenvalue weighted by Crippen LogP contribution is -2.11. The topological polar surface area (TPSA) is 0 Å². The van der Waals surface area contributed by atoms with Gasteiger partial charge in [0.05, 0.1) is 0 Å². The summed E-state index contributed by atoms with van der Waals surface area (Å²) in [4.78, 5) is 1.51. The number of aryl methyl sites for hydroxylation is 1. The van der Waals surface area contributed by atoms with E-state index < -0.39 is 0 Å². The molecule has 0 fully saturated rings. The number of rotatable bonds is 1. The van der Waals surface area contributed by atoms with E-state index in [-0.39, 0.29) is 0 Å². The van der Waals surface area contributed by atoms with Gasteiger partial charge in [-0.05, 0) is 47.9 Å². The maximum atomic E-state index is 2.34. The van der Waals surface area contributed by atoms with Crippen LogP contribution in [-0.2, 0) is 12.8 Å². The van der Waals surface area contributed by atoms with Crippen LogP contribution in [0.15, 0.2) is 53.4 Å². The molecule has 2 unspecified atom stereocenters. The minimum Gasteiger partial charge on any atom is -0.121 e. The van der Waals surface area contributed by atoms with Crippen molar-refractivity contribution in [2.24, 2.45) is 0 Å². The highest BCUT2D eigenvalue weighted by atomic mass is 32.2. The van der Waals surface area contributed by atoms with Gasteiger partial charge in [0.1, 0.15) is 0 Å². The second kappa shape index (κ2) is 4.17. The van der Waals surface area contributed by atoms with E-state index in [9.17, 15) is 0 Å². The van der Waals surface area contributed by atoms with E-state index in [1.807, 2.05) is 0 Å². The summed E-state index contributed by atoms with van der Waals surface area (Å²) < 4.78 is 0. The van der Waals surface area contributed by atoms with Crippen molar-refractivity contribution in [3.8, 4) is 0 Å². The number of thioether (sulfide) groups is 1. The van der Waals surface area contributed by atoms with Crippen LogP contribution in [0, 0.1) is 0 Å². The second-order valence-corrected chi connectivity index (χ2v) is 6.59. The third kappa shape index (κ3) is 1.61. The molecule has 0 radical (unpaired) electrons. The van der Waals surface area contributed by atoms with Crippen molar-refractivity contribution in [3.05, 3.63) is 65.2 Å². The van der Waals surface area contributed by atoms with Gasteiger partial charge in [-0.25, -0.2) is 0 Å². The summed E-state index contributed by atoms with van der Waals surface area (Å²) >= 11 is 2.10. The summed E-state index contributed by atoms with van der Waals surface area (Å²) in [5.74, 6) is 0.763. The Bertz CT molecular complexity index is 563. The van der Waals surface area contributed by atoms with Crippen LogP contribution in [0.3, 0.4) is 0 Å². The van der Waals surface area contributed by atoms with E-state index in [0.29, 0.717) is 0 Å². The molecule has 18 heavy (non-hydrogen) atoms. The predicted octanol–water partition coefficient (Wildman–Crippen LogP) is 4.43. The second-order valence-electron chi connectivity index (χ2n) is 5.31. The number of hydrogen-bond donors (Lipinski definition) is 0. The maximum Gasteiger partial charge on any atom is 0.0204 e. The molecule has 2 atom stereocenters. The van der Waals surface area contributed by atoms with Crippen LogP contribution in [0.1, 0.15) is 29.0 Å². The molecule has 0 saturated carbocycles. The Hall–Kier alpha value is -1.21. The fourth-order valence-electron chi connectivity index (χ4n) is 3.41. The van der Waals surface area contributed by atoms with Gasteiger partial charge < -0.3 is 0 Å². The quantitative estimate of drug-likeness (QED) is 0.723. The van der Waals surface area contributed by atoms with E-state index in [1.165, 1.54) is 24.2 Å². The van der Waals surface area contributed by atoms with Crippen LogP contribution in [0.2, 0.25) is 0 Å². The fraction of sp³-hybridized carbons (Fsp3) is 0.294. The van der Waals surface area contributed by atoms with Crippen molar-refractivity contribution in [1.29, 1.82) is 0 Å². The van der Waals surface area contributed by atoms with Crippen molar-refractivity contribution >= 4 is 11.8 Å². The third-order valence-electron chi connectivity index (χ3n) is 4.30. The minimum absolute atomic E-state index is 0.756. The van der Waals surface area contributed by atoms with Crippen LogP contribution >= 0.6 is 11.8 Å². The number of hydrogen-bond acceptors (Lipinski definition) is 1. The lowest BCUT2D eigenvalue weighted by Gasteiger charge is -2.18. The third-order valence-corrected chi connectivity index (χ3v) is 5.75. The summed E-state index contributed by atoms with van der Waals surface area (Å²) in [7, 11) is 0. The molecule has 1 aliphatic carbocycles. The zero-order chi connectivity index (χ0) is 11.9. The molecular weight excluding hydrogens is 236 g/mol. The lowest BCUT2D eigenvalue weighted by molar-refractivity contribution is 0.641. The first kappa shape index (κ1) is 10.7. The van der Waals surface area contributed by atoms with E-state index in [2.05, 4.69) is 60.3 Å². The van der Waals surface area contributed by atoms with Crippen molar-refractivity contribution in [3.63, 3.8) is 0 Å². The Morgan fingerprint density at radius 1 is 0.889 bits per heavy atom. The molecular formula is C17H16S. The molecule has 0 aromatic heterocycles. The first-order chi connectivity index (χ1) is 8.92. The number of fused-ring (bicyclic) bond motifs is 2. The van der Waals surface area contributed by atoms with Gasteiger partial charge in [-0.2, -0.15) is 0 Å². The maximum absolute atomic E-state index is 2.34. The molecule has 2 aromatic carbocycles. The highest BCUT2D eigenvalue weighted by Gasteiger charge is 2.33. The van der Waals surface area contributed by atoms with Gasteiger partial charge in [-0.1, -0.05) is 42.5 Å². The van der Waals surface area contributed by atoms with Crippen LogP contribution in [0.5, 0.6) is 0 Å². The largest absolute Gasteiger partial charge is 0.121 e. The van der Waals surface area contributed by atoms with Gasteiger partial charge in [0.15, 0.2) is 0 Å². The van der Waals surface area contributed by atoms with Crippen LogP contribution < -0.4 is 0 Å². The van der Waals surface area contributed by atoms with E-state index >= 15 is 0 Å².